The van der Waals surface area contributed by atoms with E-state index in [0.717, 1.165) is 30.8 Å². The number of rotatable bonds is 6. The van der Waals surface area contributed by atoms with Gasteiger partial charge in [0.25, 0.3) is 0 Å². The van der Waals surface area contributed by atoms with Crippen LogP contribution in [0.15, 0.2) is 0 Å². The molecule has 0 radical (unpaired) electrons. The van der Waals surface area contributed by atoms with Gasteiger partial charge in [-0.3, -0.25) is 0 Å². The average molecular weight is 252 g/mol. The summed E-state index contributed by atoms with van der Waals surface area (Å²) in [5, 5.41) is 7.11. The minimum atomic E-state index is 0.615. The van der Waals surface area contributed by atoms with Crippen LogP contribution in [0.5, 0.6) is 0 Å². The lowest BCUT2D eigenvalue weighted by molar-refractivity contribution is 0.129. The normalized spacial score (nSPS) is 32.5. The van der Waals surface area contributed by atoms with E-state index in [2.05, 4.69) is 24.5 Å². The lowest BCUT2D eigenvalue weighted by atomic mass is 9.67. The van der Waals surface area contributed by atoms with Gasteiger partial charge in [-0.25, -0.2) is 0 Å². The van der Waals surface area contributed by atoms with Crippen LogP contribution in [-0.2, 0) is 0 Å². The maximum atomic E-state index is 3.64. The lowest BCUT2D eigenvalue weighted by Crippen LogP contribution is -2.36. The van der Waals surface area contributed by atoms with E-state index in [1.54, 1.807) is 0 Å². The highest BCUT2D eigenvalue weighted by atomic mass is 15.0. The maximum absolute atomic E-state index is 3.64. The molecule has 0 aromatic rings. The highest BCUT2D eigenvalue weighted by Gasteiger charge is 2.31. The number of fused-ring (bicyclic) bond motifs is 1. The molecule has 2 aliphatic rings. The Morgan fingerprint density at radius 3 is 2.50 bits per heavy atom. The van der Waals surface area contributed by atoms with Crippen molar-refractivity contribution in [2.75, 3.05) is 19.6 Å². The third kappa shape index (κ3) is 4.55. The maximum Gasteiger partial charge on any atom is 0.00790 e. The van der Waals surface area contributed by atoms with Gasteiger partial charge in [0.2, 0.25) is 0 Å². The molecule has 2 nitrogen and oxygen atoms in total. The second kappa shape index (κ2) is 7.49. The van der Waals surface area contributed by atoms with Gasteiger partial charge in [0, 0.05) is 19.1 Å². The first-order valence-corrected chi connectivity index (χ1v) is 8.20. The zero-order valence-electron chi connectivity index (χ0n) is 12.4. The van der Waals surface area contributed by atoms with Gasteiger partial charge in [0.1, 0.15) is 0 Å². The van der Waals surface area contributed by atoms with E-state index in [0.29, 0.717) is 6.04 Å². The first-order valence-electron chi connectivity index (χ1n) is 8.20. The topological polar surface area (TPSA) is 24.1 Å². The van der Waals surface area contributed by atoms with Crippen LogP contribution in [0.1, 0.15) is 58.8 Å². The number of hydrogen-bond donors (Lipinski definition) is 2. The van der Waals surface area contributed by atoms with E-state index in [-0.39, 0.29) is 0 Å². The first-order chi connectivity index (χ1) is 8.75. The molecule has 2 saturated carbocycles. The Morgan fingerprint density at radius 1 is 0.944 bits per heavy atom. The van der Waals surface area contributed by atoms with E-state index in [1.165, 1.54) is 51.5 Å². The van der Waals surface area contributed by atoms with E-state index < -0.39 is 0 Å². The molecule has 0 aromatic heterocycles. The van der Waals surface area contributed by atoms with Crippen molar-refractivity contribution in [2.45, 2.75) is 64.8 Å². The first kappa shape index (κ1) is 14.3. The molecule has 0 aliphatic heterocycles. The molecule has 0 heterocycles. The summed E-state index contributed by atoms with van der Waals surface area (Å²) >= 11 is 0. The van der Waals surface area contributed by atoms with E-state index in [1.807, 2.05) is 0 Å². The predicted molar refractivity (Wildman–Crippen MR) is 78.8 cm³/mol. The van der Waals surface area contributed by atoms with Gasteiger partial charge in [-0.2, -0.15) is 0 Å². The van der Waals surface area contributed by atoms with Crippen LogP contribution in [0.3, 0.4) is 0 Å². The summed E-state index contributed by atoms with van der Waals surface area (Å²) in [6.07, 6.45) is 10.6. The van der Waals surface area contributed by atoms with Crippen molar-refractivity contribution in [3.8, 4) is 0 Å². The standard InChI is InChI=1S/C16H32N2/c1-13(2)18-10-9-17-12-14-7-8-15-5-3-4-6-16(15)11-14/h13-18H,3-12H2,1-2H3. The van der Waals surface area contributed by atoms with Crippen LogP contribution < -0.4 is 10.6 Å². The van der Waals surface area contributed by atoms with Gasteiger partial charge < -0.3 is 10.6 Å². The Kier molecular flexibility index (Phi) is 5.97. The molecule has 0 saturated heterocycles. The second-order valence-corrected chi connectivity index (χ2v) is 6.80. The van der Waals surface area contributed by atoms with Gasteiger partial charge in [-0.05, 0) is 43.6 Å². The predicted octanol–water partition coefficient (Wildman–Crippen LogP) is 3.18. The van der Waals surface area contributed by atoms with E-state index in [9.17, 15) is 0 Å². The molecule has 0 bridgehead atoms. The summed E-state index contributed by atoms with van der Waals surface area (Å²) in [6, 6.07) is 0.615. The smallest absolute Gasteiger partial charge is 0.00790 e. The molecule has 0 amide bonds. The Balaban J connectivity index is 1.57. The highest BCUT2D eigenvalue weighted by molar-refractivity contribution is 4.83. The van der Waals surface area contributed by atoms with Gasteiger partial charge in [-0.1, -0.05) is 39.5 Å². The monoisotopic (exact) mass is 252 g/mol. The fraction of sp³-hybridized carbons (Fsp3) is 1.00. The molecule has 2 fully saturated rings. The third-order valence-corrected chi connectivity index (χ3v) is 4.94. The molecule has 18 heavy (non-hydrogen) atoms. The Hall–Kier alpha value is -0.0800. The van der Waals surface area contributed by atoms with Crippen molar-refractivity contribution in [2.24, 2.45) is 17.8 Å². The summed E-state index contributed by atoms with van der Waals surface area (Å²) < 4.78 is 0. The Labute approximate surface area is 113 Å². The van der Waals surface area contributed by atoms with Crippen LogP contribution in [0.2, 0.25) is 0 Å². The number of hydrogen-bond acceptors (Lipinski definition) is 2. The molecule has 2 N–H and O–H groups in total. The quantitative estimate of drug-likeness (QED) is 0.710. The average Bonchev–Trinajstić information content (AvgIpc) is 2.38. The summed E-state index contributed by atoms with van der Waals surface area (Å²) in [5.41, 5.74) is 0. The molecule has 3 atom stereocenters. The molecular weight excluding hydrogens is 220 g/mol. The molecule has 2 rings (SSSR count). The van der Waals surface area contributed by atoms with E-state index >= 15 is 0 Å². The van der Waals surface area contributed by atoms with Crippen LogP contribution in [0.25, 0.3) is 0 Å². The van der Waals surface area contributed by atoms with E-state index in [4.69, 9.17) is 0 Å². The van der Waals surface area contributed by atoms with Crippen molar-refractivity contribution < 1.29 is 0 Å². The Bertz CT molecular complexity index is 227. The van der Waals surface area contributed by atoms with Crippen molar-refractivity contribution >= 4 is 0 Å². The minimum Gasteiger partial charge on any atom is -0.315 e. The lowest BCUT2D eigenvalue weighted by Gasteiger charge is -2.39. The van der Waals surface area contributed by atoms with Gasteiger partial charge >= 0.3 is 0 Å². The summed E-state index contributed by atoms with van der Waals surface area (Å²) in [4.78, 5) is 0. The molecule has 3 unspecified atom stereocenters. The second-order valence-electron chi connectivity index (χ2n) is 6.80. The van der Waals surface area contributed by atoms with Crippen molar-refractivity contribution in [1.29, 1.82) is 0 Å². The van der Waals surface area contributed by atoms with Gasteiger partial charge in [0.15, 0.2) is 0 Å². The van der Waals surface area contributed by atoms with Crippen LogP contribution >= 0.6 is 0 Å². The summed E-state index contributed by atoms with van der Waals surface area (Å²) in [6.45, 7) is 7.91. The third-order valence-electron chi connectivity index (χ3n) is 4.94. The summed E-state index contributed by atoms with van der Waals surface area (Å²) in [7, 11) is 0. The molecule has 2 aliphatic carbocycles. The molecule has 2 heteroatoms. The zero-order valence-corrected chi connectivity index (χ0v) is 12.4. The van der Waals surface area contributed by atoms with Crippen LogP contribution in [0, 0.1) is 17.8 Å². The zero-order chi connectivity index (χ0) is 12.8. The fourth-order valence-corrected chi connectivity index (χ4v) is 3.91. The minimum absolute atomic E-state index is 0.615. The Morgan fingerprint density at radius 2 is 1.72 bits per heavy atom. The SMILES string of the molecule is CC(C)NCCNCC1CCC2CCCCC2C1. The van der Waals surface area contributed by atoms with Crippen LogP contribution in [-0.4, -0.2) is 25.7 Å². The molecule has 0 aromatic carbocycles. The molecule has 0 spiro atoms. The van der Waals surface area contributed by atoms with Crippen LogP contribution in [0.4, 0.5) is 0 Å². The van der Waals surface area contributed by atoms with Gasteiger partial charge in [0.05, 0.1) is 0 Å². The highest BCUT2D eigenvalue weighted by Crippen LogP contribution is 2.42. The number of nitrogens with one attached hydrogen (secondary N) is 2. The van der Waals surface area contributed by atoms with Crippen molar-refractivity contribution in [1.82, 2.24) is 10.6 Å². The van der Waals surface area contributed by atoms with Crippen molar-refractivity contribution in [3.05, 3.63) is 0 Å². The van der Waals surface area contributed by atoms with Gasteiger partial charge in [-0.15, -0.1) is 0 Å². The molecular formula is C16H32N2. The fourth-order valence-electron chi connectivity index (χ4n) is 3.91. The van der Waals surface area contributed by atoms with Crippen molar-refractivity contribution in [3.63, 3.8) is 0 Å². The largest absolute Gasteiger partial charge is 0.315 e. The molecule has 106 valence electrons. The summed E-state index contributed by atoms with van der Waals surface area (Å²) in [5.74, 6) is 3.13.